The first kappa shape index (κ1) is 9.23. The number of hydrogen-bond donors (Lipinski definition) is 3. The molecule has 0 bridgehead atoms. The summed E-state index contributed by atoms with van der Waals surface area (Å²) in [4.78, 5) is 0. The molecule has 3 N–H and O–H groups in total. The van der Waals surface area contributed by atoms with Gasteiger partial charge in [-0.2, -0.15) is 0 Å². The second-order valence-electron chi connectivity index (χ2n) is 2.01. The Morgan fingerprint density at radius 1 is 1.30 bits per heavy atom. The van der Waals surface area contributed by atoms with E-state index in [2.05, 4.69) is 35.4 Å². The van der Waals surface area contributed by atoms with E-state index in [1.54, 1.807) is 0 Å². The van der Waals surface area contributed by atoms with Crippen molar-refractivity contribution in [2.75, 3.05) is 0 Å². The third kappa shape index (κ3) is 2.68. The van der Waals surface area contributed by atoms with Crippen LogP contribution in [-0.2, 0) is 0 Å². The molecule has 0 aliphatic carbocycles. The minimum atomic E-state index is 0.456. The molecule has 10 heavy (non-hydrogen) atoms. The summed E-state index contributed by atoms with van der Waals surface area (Å²) in [6.07, 6.45) is 0. The van der Waals surface area contributed by atoms with Gasteiger partial charge in [-0.1, -0.05) is 27.7 Å². The third-order valence-corrected chi connectivity index (χ3v) is 0.970. The van der Waals surface area contributed by atoms with Crippen LogP contribution >= 0.6 is 0 Å². The fraction of sp³-hybridized carbons (Fsp3) is 0.833. The lowest BCUT2D eigenvalue weighted by Gasteiger charge is -2.00. The van der Waals surface area contributed by atoms with Crippen LogP contribution in [-0.4, -0.2) is 5.84 Å². The number of hydrogen-bond acceptors (Lipinski definition) is 4. The molecule has 0 amide bonds. The van der Waals surface area contributed by atoms with Gasteiger partial charge in [0.15, 0.2) is 0 Å². The Labute approximate surface area is 62.0 Å². The Kier molecular flexibility index (Phi) is 4.66. The standard InChI is InChI=1S/C4H10N4.C2H6/c1-3(2)4-5-7-8-6-4;1-2/h3,7-8H,1-2H3,(H,5,6);1-2H3. The van der Waals surface area contributed by atoms with Crippen LogP contribution in [0.5, 0.6) is 0 Å². The first-order chi connectivity index (χ1) is 4.80. The topological polar surface area (TPSA) is 48.5 Å². The van der Waals surface area contributed by atoms with E-state index in [-0.39, 0.29) is 0 Å². The quantitative estimate of drug-likeness (QED) is 0.505. The normalized spacial score (nSPS) is 14.7. The molecule has 0 saturated carbocycles. The first-order valence-electron chi connectivity index (χ1n) is 3.64. The van der Waals surface area contributed by atoms with Crippen LogP contribution < -0.4 is 16.5 Å². The van der Waals surface area contributed by atoms with Crippen molar-refractivity contribution in [3.05, 3.63) is 0 Å². The lowest BCUT2D eigenvalue weighted by atomic mass is 10.2. The lowest BCUT2D eigenvalue weighted by Crippen LogP contribution is -2.36. The van der Waals surface area contributed by atoms with Gasteiger partial charge in [-0.05, 0) is 0 Å². The van der Waals surface area contributed by atoms with Crippen LogP contribution in [0.15, 0.2) is 5.10 Å². The SMILES string of the molecule is CC.CC(C)C1=NNNN1. The molecule has 1 aliphatic rings. The van der Waals surface area contributed by atoms with Gasteiger partial charge in [0.2, 0.25) is 0 Å². The van der Waals surface area contributed by atoms with E-state index in [4.69, 9.17) is 0 Å². The van der Waals surface area contributed by atoms with Crippen molar-refractivity contribution >= 4 is 5.84 Å². The Bertz CT molecular complexity index is 108. The smallest absolute Gasteiger partial charge is 0.141 e. The molecule has 0 aromatic carbocycles. The highest BCUT2D eigenvalue weighted by molar-refractivity contribution is 5.83. The molecular weight excluding hydrogens is 128 g/mol. The average Bonchev–Trinajstić information content (AvgIpc) is 2.42. The van der Waals surface area contributed by atoms with Gasteiger partial charge in [0.1, 0.15) is 5.84 Å². The molecule has 4 heteroatoms. The molecular formula is C6H16N4. The summed E-state index contributed by atoms with van der Waals surface area (Å²) in [7, 11) is 0. The molecule has 4 nitrogen and oxygen atoms in total. The molecule has 60 valence electrons. The van der Waals surface area contributed by atoms with E-state index in [9.17, 15) is 0 Å². The van der Waals surface area contributed by atoms with Gasteiger partial charge in [0, 0.05) is 5.92 Å². The number of nitrogens with one attached hydrogen (secondary N) is 3. The van der Waals surface area contributed by atoms with Crippen molar-refractivity contribution < 1.29 is 0 Å². The van der Waals surface area contributed by atoms with Gasteiger partial charge in [-0.3, -0.25) is 5.43 Å². The van der Waals surface area contributed by atoms with Crippen LogP contribution in [0.1, 0.15) is 27.7 Å². The van der Waals surface area contributed by atoms with E-state index >= 15 is 0 Å². The Balaban J connectivity index is 0.000000371. The number of hydrazine groups is 2. The van der Waals surface area contributed by atoms with Crippen molar-refractivity contribution in [2.45, 2.75) is 27.7 Å². The molecule has 0 saturated heterocycles. The molecule has 1 heterocycles. The first-order valence-corrected chi connectivity index (χ1v) is 3.64. The van der Waals surface area contributed by atoms with E-state index < -0.39 is 0 Å². The van der Waals surface area contributed by atoms with Crippen LogP contribution in [0.25, 0.3) is 0 Å². The van der Waals surface area contributed by atoms with Gasteiger partial charge >= 0.3 is 0 Å². The summed E-state index contributed by atoms with van der Waals surface area (Å²) in [5.41, 5.74) is 8.08. The maximum Gasteiger partial charge on any atom is 0.141 e. The fourth-order valence-electron chi connectivity index (χ4n) is 0.482. The summed E-state index contributed by atoms with van der Waals surface area (Å²) in [6.45, 7) is 8.14. The van der Waals surface area contributed by atoms with Crippen molar-refractivity contribution in [3.63, 3.8) is 0 Å². The lowest BCUT2D eigenvalue weighted by molar-refractivity contribution is 0.574. The van der Waals surface area contributed by atoms with Gasteiger partial charge in [-0.25, -0.2) is 5.53 Å². The number of nitrogens with zero attached hydrogens (tertiary/aromatic N) is 1. The van der Waals surface area contributed by atoms with Crippen LogP contribution in [0.4, 0.5) is 0 Å². The van der Waals surface area contributed by atoms with E-state index in [1.807, 2.05) is 13.8 Å². The van der Waals surface area contributed by atoms with Crippen molar-refractivity contribution in [1.82, 2.24) is 16.5 Å². The second-order valence-corrected chi connectivity index (χ2v) is 2.01. The fourth-order valence-corrected chi connectivity index (χ4v) is 0.482. The highest BCUT2D eigenvalue weighted by atomic mass is 15.8. The largest absolute Gasteiger partial charge is 0.289 e. The summed E-state index contributed by atoms with van der Waals surface area (Å²) < 4.78 is 0. The van der Waals surface area contributed by atoms with Gasteiger partial charge in [0.25, 0.3) is 0 Å². The zero-order chi connectivity index (χ0) is 7.98. The van der Waals surface area contributed by atoms with Crippen LogP contribution in [0.2, 0.25) is 0 Å². The van der Waals surface area contributed by atoms with Crippen LogP contribution in [0.3, 0.4) is 0 Å². The third-order valence-electron chi connectivity index (χ3n) is 0.970. The molecule has 0 spiro atoms. The summed E-state index contributed by atoms with van der Waals surface area (Å²) in [5.74, 6) is 1.41. The molecule has 0 fully saturated rings. The minimum absolute atomic E-state index is 0.456. The zero-order valence-electron chi connectivity index (χ0n) is 7.02. The summed E-state index contributed by atoms with van der Waals surface area (Å²) in [6, 6.07) is 0. The molecule has 1 aliphatic heterocycles. The Morgan fingerprint density at radius 3 is 2.10 bits per heavy atom. The highest BCUT2D eigenvalue weighted by Crippen LogP contribution is 1.92. The van der Waals surface area contributed by atoms with Gasteiger partial charge in [0.05, 0.1) is 0 Å². The molecule has 0 unspecified atom stereocenters. The number of amidine groups is 1. The zero-order valence-corrected chi connectivity index (χ0v) is 7.02. The number of hydrazone groups is 1. The summed E-state index contributed by atoms with van der Waals surface area (Å²) >= 11 is 0. The minimum Gasteiger partial charge on any atom is -0.289 e. The monoisotopic (exact) mass is 144 g/mol. The van der Waals surface area contributed by atoms with Crippen molar-refractivity contribution in [3.8, 4) is 0 Å². The van der Waals surface area contributed by atoms with Crippen molar-refractivity contribution in [1.29, 1.82) is 0 Å². The van der Waals surface area contributed by atoms with Crippen LogP contribution in [0, 0.1) is 5.92 Å². The van der Waals surface area contributed by atoms with Crippen molar-refractivity contribution in [2.24, 2.45) is 11.0 Å². The van der Waals surface area contributed by atoms with E-state index in [0.717, 1.165) is 5.84 Å². The molecule has 0 radical (unpaired) electrons. The highest BCUT2D eigenvalue weighted by Gasteiger charge is 2.06. The maximum absolute atomic E-state index is 3.88. The maximum atomic E-state index is 3.88. The predicted octanol–water partition coefficient (Wildman–Crippen LogP) is 0.595. The summed E-state index contributed by atoms with van der Waals surface area (Å²) in [5, 5.41) is 3.88. The molecule has 1 rings (SSSR count). The molecule has 0 aromatic rings. The second kappa shape index (κ2) is 5.05. The molecule has 0 aromatic heterocycles. The number of rotatable bonds is 1. The van der Waals surface area contributed by atoms with Gasteiger partial charge < -0.3 is 0 Å². The van der Waals surface area contributed by atoms with Gasteiger partial charge in [-0.15, -0.1) is 10.6 Å². The van der Waals surface area contributed by atoms with E-state index in [0.29, 0.717) is 5.92 Å². The van der Waals surface area contributed by atoms with E-state index in [1.165, 1.54) is 0 Å². The predicted molar refractivity (Wildman–Crippen MR) is 43.0 cm³/mol. The average molecular weight is 144 g/mol. The Hall–Kier alpha value is -0.770. The molecule has 0 atom stereocenters. The Morgan fingerprint density at radius 2 is 1.90 bits per heavy atom.